The van der Waals surface area contributed by atoms with Crippen molar-refractivity contribution < 1.29 is 0 Å². The minimum absolute atomic E-state index is 0.267. The van der Waals surface area contributed by atoms with Gasteiger partial charge in [0, 0.05) is 5.54 Å². The summed E-state index contributed by atoms with van der Waals surface area (Å²) in [6, 6.07) is 0. The van der Waals surface area contributed by atoms with E-state index >= 15 is 0 Å². The molecule has 0 bridgehead atoms. The van der Waals surface area contributed by atoms with Gasteiger partial charge in [-0.15, -0.1) is 0 Å². The highest BCUT2D eigenvalue weighted by molar-refractivity contribution is 5.11. The van der Waals surface area contributed by atoms with Gasteiger partial charge in [-0.25, -0.2) is 0 Å². The number of hydrogen-bond donors (Lipinski definition) is 1. The number of rotatable bonds is 2. The molecule has 76 valence electrons. The third kappa shape index (κ3) is 1.63. The van der Waals surface area contributed by atoms with Crippen LogP contribution in [0.25, 0.3) is 0 Å². The average molecular weight is 181 g/mol. The summed E-state index contributed by atoms with van der Waals surface area (Å²) in [7, 11) is 0. The molecule has 0 aliphatic heterocycles. The fourth-order valence-corrected chi connectivity index (χ4v) is 3.31. The molecular formula is C12H23N. The molecule has 0 aromatic carbocycles. The van der Waals surface area contributed by atoms with Gasteiger partial charge in [0.25, 0.3) is 0 Å². The normalized spacial score (nSPS) is 50.5. The first kappa shape index (κ1) is 9.51. The molecule has 2 rings (SSSR count). The Kier molecular flexibility index (Phi) is 2.39. The second-order valence-corrected chi connectivity index (χ2v) is 5.39. The highest BCUT2D eigenvalue weighted by Gasteiger charge is 2.54. The Labute approximate surface area is 82.1 Å². The molecule has 2 aliphatic carbocycles. The molecule has 2 aliphatic rings. The lowest BCUT2D eigenvalue weighted by Gasteiger charge is -2.32. The van der Waals surface area contributed by atoms with E-state index in [4.69, 9.17) is 5.73 Å². The lowest BCUT2D eigenvalue weighted by molar-refractivity contribution is 0.225. The van der Waals surface area contributed by atoms with E-state index in [1.165, 1.54) is 38.5 Å². The van der Waals surface area contributed by atoms with Crippen molar-refractivity contribution in [1.29, 1.82) is 0 Å². The van der Waals surface area contributed by atoms with Gasteiger partial charge >= 0.3 is 0 Å². The molecule has 0 amide bonds. The van der Waals surface area contributed by atoms with Gasteiger partial charge in [-0.2, -0.15) is 0 Å². The Balaban J connectivity index is 1.93. The highest BCUT2D eigenvalue weighted by atomic mass is 14.9. The number of hydrogen-bond acceptors (Lipinski definition) is 1. The zero-order valence-corrected chi connectivity index (χ0v) is 9.05. The molecule has 0 spiro atoms. The summed E-state index contributed by atoms with van der Waals surface area (Å²) in [6.45, 7) is 4.67. The third-order valence-corrected chi connectivity index (χ3v) is 4.39. The lowest BCUT2D eigenvalue weighted by atomic mass is 9.76. The van der Waals surface area contributed by atoms with Crippen molar-refractivity contribution in [1.82, 2.24) is 0 Å². The molecule has 4 unspecified atom stereocenters. The van der Waals surface area contributed by atoms with Crippen LogP contribution in [0, 0.1) is 17.8 Å². The van der Waals surface area contributed by atoms with Crippen LogP contribution in [0.3, 0.4) is 0 Å². The monoisotopic (exact) mass is 181 g/mol. The Morgan fingerprint density at radius 1 is 1.38 bits per heavy atom. The van der Waals surface area contributed by atoms with Crippen LogP contribution in [0.1, 0.15) is 52.4 Å². The van der Waals surface area contributed by atoms with Crippen LogP contribution in [-0.2, 0) is 0 Å². The molecule has 0 aromatic heterocycles. The smallest absolute Gasteiger partial charge is 0.0215 e. The quantitative estimate of drug-likeness (QED) is 0.696. The maximum Gasteiger partial charge on any atom is 0.0215 e. The zero-order chi connectivity index (χ0) is 9.47. The standard InChI is InChI=1S/C12H23N/c1-3-10-8-12(10,13)11-6-4-5-9(2)7-11/h9-11H,3-8,13H2,1-2H3. The molecule has 2 fully saturated rings. The van der Waals surface area contributed by atoms with Crippen LogP contribution in [0.15, 0.2) is 0 Å². The summed E-state index contributed by atoms with van der Waals surface area (Å²) in [5.74, 6) is 2.63. The van der Waals surface area contributed by atoms with Gasteiger partial charge in [-0.05, 0) is 37.0 Å². The summed E-state index contributed by atoms with van der Waals surface area (Å²) in [5.41, 5.74) is 6.71. The van der Waals surface area contributed by atoms with Crippen molar-refractivity contribution in [2.24, 2.45) is 23.5 Å². The van der Waals surface area contributed by atoms with Crippen LogP contribution < -0.4 is 5.73 Å². The fraction of sp³-hybridized carbons (Fsp3) is 1.00. The van der Waals surface area contributed by atoms with Crippen LogP contribution in [0.4, 0.5) is 0 Å². The molecule has 2 saturated carbocycles. The highest BCUT2D eigenvalue weighted by Crippen LogP contribution is 2.53. The van der Waals surface area contributed by atoms with Crippen molar-refractivity contribution >= 4 is 0 Å². The maximum atomic E-state index is 6.44. The minimum atomic E-state index is 0.267. The van der Waals surface area contributed by atoms with E-state index < -0.39 is 0 Å². The first-order valence-corrected chi connectivity index (χ1v) is 5.95. The van der Waals surface area contributed by atoms with Crippen LogP contribution >= 0.6 is 0 Å². The van der Waals surface area contributed by atoms with E-state index in [1.807, 2.05) is 0 Å². The van der Waals surface area contributed by atoms with E-state index in [1.54, 1.807) is 0 Å². The average Bonchev–Trinajstić information content (AvgIpc) is 2.79. The van der Waals surface area contributed by atoms with Gasteiger partial charge in [-0.1, -0.05) is 33.1 Å². The molecular weight excluding hydrogens is 158 g/mol. The summed E-state index contributed by atoms with van der Waals surface area (Å²) in [4.78, 5) is 0. The van der Waals surface area contributed by atoms with Crippen molar-refractivity contribution in [3.63, 3.8) is 0 Å². The van der Waals surface area contributed by atoms with Gasteiger partial charge in [0.05, 0.1) is 0 Å². The summed E-state index contributed by atoms with van der Waals surface area (Å²) >= 11 is 0. The molecule has 1 nitrogen and oxygen atoms in total. The van der Waals surface area contributed by atoms with Crippen molar-refractivity contribution in [3.8, 4) is 0 Å². The maximum absolute atomic E-state index is 6.44. The van der Waals surface area contributed by atoms with Crippen LogP contribution in [0.5, 0.6) is 0 Å². The number of nitrogens with two attached hydrogens (primary N) is 1. The van der Waals surface area contributed by atoms with Gasteiger partial charge in [-0.3, -0.25) is 0 Å². The van der Waals surface area contributed by atoms with E-state index in [0.29, 0.717) is 0 Å². The predicted octanol–water partition coefficient (Wildman–Crippen LogP) is 2.94. The summed E-state index contributed by atoms with van der Waals surface area (Å²) < 4.78 is 0. The Hall–Kier alpha value is -0.0400. The Morgan fingerprint density at radius 3 is 2.69 bits per heavy atom. The second-order valence-electron chi connectivity index (χ2n) is 5.39. The molecule has 0 aromatic rings. The van der Waals surface area contributed by atoms with Crippen molar-refractivity contribution in [2.75, 3.05) is 0 Å². The van der Waals surface area contributed by atoms with Crippen molar-refractivity contribution in [3.05, 3.63) is 0 Å². The summed E-state index contributed by atoms with van der Waals surface area (Å²) in [6.07, 6.45) is 8.25. The predicted molar refractivity (Wildman–Crippen MR) is 56.4 cm³/mol. The molecule has 0 saturated heterocycles. The summed E-state index contributed by atoms with van der Waals surface area (Å²) in [5, 5.41) is 0. The third-order valence-electron chi connectivity index (χ3n) is 4.39. The largest absolute Gasteiger partial charge is 0.325 e. The first-order chi connectivity index (χ1) is 6.16. The van der Waals surface area contributed by atoms with Gasteiger partial charge in [0.2, 0.25) is 0 Å². The van der Waals surface area contributed by atoms with Gasteiger partial charge in [0.15, 0.2) is 0 Å². The zero-order valence-electron chi connectivity index (χ0n) is 9.05. The Morgan fingerprint density at radius 2 is 2.15 bits per heavy atom. The molecule has 4 atom stereocenters. The van der Waals surface area contributed by atoms with Gasteiger partial charge < -0.3 is 5.73 Å². The SMILES string of the molecule is CCC1CC1(N)C1CCCC(C)C1. The molecule has 1 heteroatoms. The van der Waals surface area contributed by atoms with Crippen LogP contribution in [-0.4, -0.2) is 5.54 Å². The Bertz CT molecular complexity index is 190. The van der Waals surface area contributed by atoms with E-state index in [-0.39, 0.29) is 5.54 Å². The van der Waals surface area contributed by atoms with E-state index in [0.717, 1.165) is 17.8 Å². The van der Waals surface area contributed by atoms with E-state index in [9.17, 15) is 0 Å². The fourth-order valence-electron chi connectivity index (χ4n) is 3.31. The first-order valence-electron chi connectivity index (χ1n) is 5.95. The van der Waals surface area contributed by atoms with Crippen molar-refractivity contribution in [2.45, 2.75) is 57.9 Å². The second kappa shape index (κ2) is 3.27. The molecule has 13 heavy (non-hydrogen) atoms. The van der Waals surface area contributed by atoms with Gasteiger partial charge in [0.1, 0.15) is 0 Å². The topological polar surface area (TPSA) is 26.0 Å². The molecule has 0 radical (unpaired) electrons. The van der Waals surface area contributed by atoms with E-state index in [2.05, 4.69) is 13.8 Å². The minimum Gasteiger partial charge on any atom is -0.325 e. The molecule has 0 heterocycles. The van der Waals surface area contributed by atoms with Crippen LogP contribution in [0.2, 0.25) is 0 Å². The molecule has 2 N–H and O–H groups in total. The lowest BCUT2D eigenvalue weighted by Crippen LogP contribution is -2.37.